The largest absolute Gasteiger partial charge is 0.494 e. The smallest absolute Gasteiger partial charge is 0.152 e. The fraction of sp³-hybridized carbons (Fsp3) is 0.176. The first kappa shape index (κ1) is 14.4. The van der Waals surface area contributed by atoms with Gasteiger partial charge < -0.3 is 4.74 Å². The average Bonchev–Trinajstić information content (AvgIpc) is 2.91. The average molecular weight is 312 g/mol. The fourth-order valence-corrected chi connectivity index (χ4v) is 2.42. The SMILES string of the molecule is CCCOc1ccc(-c2nc3ccc(Cl)cn3c2C#N)cc1. The van der Waals surface area contributed by atoms with Gasteiger partial charge in [0, 0.05) is 11.8 Å². The number of fused-ring (bicyclic) bond motifs is 1. The third-order valence-corrected chi connectivity index (χ3v) is 3.51. The number of pyridine rings is 1. The minimum absolute atomic E-state index is 0.472. The number of nitrogens with zero attached hydrogens (tertiary/aromatic N) is 3. The van der Waals surface area contributed by atoms with E-state index < -0.39 is 0 Å². The molecule has 1 aromatic carbocycles. The van der Waals surface area contributed by atoms with Gasteiger partial charge in [0.2, 0.25) is 0 Å². The quantitative estimate of drug-likeness (QED) is 0.721. The summed E-state index contributed by atoms with van der Waals surface area (Å²) in [6, 6.07) is 13.4. The van der Waals surface area contributed by atoms with Gasteiger partial charge in [-0.25, -0.2) is 4.98 Å². The van der Waals surface area contributed by atoms with Gasteiger partial charge in [0.05, 0.1) is 11.6 Å². The number of halogens is 1. The number of ether oxygens (including phenoxy) is 1. The van der Waals surface area contributed by atoms with Gasteiger partial charge >= 0.3 is 0 Å². The minimum atomic E-state index is 0.472. The molecular weight excluding hydrogens is 298 g/mol. The first-order valence-corrected chi connectivity index (χ1v) is 7.41. The molecule has 5 heteroatoms. The second-order valence-electron chi connectivity index (χ2n) is 4.87. The van der Waals surface area contributed by atoms with E-state index in [0.29, 0.717) is 28.7 Å². The van der Waals surface area contributed by atoms with Crippen molar-refractivity contribution in [3.05, 3.63) is 53.3 Å². The Balaban J connectivity index is 2.04. The van der Waals surface area contributed by atoms with Gasteiger partial charge in [0.1, 0.15) is 23.2 Å². The van der Waals surface area contributed by atoms with Crippen LogP contribution in [0.15, 0.2) is 42.6 Å². The number of hydrogen-bond acceptors (Lipinski definition) is 3. The molecule has 0 fully saturated rings. The summed E-state index contributed by atoms with van der Waals surface area (Å²) in [5.74, 6) is 0.816. The summed E-state index contributed by atoms with van der Waals surface area (Å²) < 4.78 is 7.28. The summed E-state index contributed by atoms with van der Waals surface area (Å²) >= 11 is 6.00. The van der Waals surface area contributed by atoms with Crippen molar-refractivity contribution < 1.29 is 4.74 Å². The molecule has 22 heavy (non-hydrogen) atoms. The first-order chi connectivity index (χ1) is 10.7. The number of hydrogen-bond donors (Lipinski definition) is 0. The van der Waals surface area contributed by atoms with Gasteiger partial charge in [-0.3, -0.25) is 4.40 Å². The molecule has 0 radical (unpaired) electrons. The second-order valence-corrected chi connectivity index (χ2v) is 5.31. The molecule has 2 aromatic heterocycles. The zero-order valence-electron chi connectivity index (χ0n) is 12.1. The van der Waals surface area contributed by atoms with E-state index in [1.807, 2.05) is 24.3 Å². The monoisotopic (exact) mass is 311 g/mol. The number of rotatable bonds is 4. The molecule has 0 amide bonds. The minimum Gasteiger partial charge on any atom is -0.494 e. The molecule has 3 rings (SSSR count). The van der Waals surface area contributed by atoms with Crippen LogP contribution in [0.3, 0.4) is 0 Å². The maximum Gasteiger partial charge on any atom is 0.152 e. The number of nitriles is 1. The molecule has 0 saturated heterocycles. The van der Waals surface area contributed by atoms with Gasteiger partial charge in [-0.15, -0.1) is 0 Å². The van der Waals surface area contributed by atoms with Crippen molar-refractivity contribution in [2.45, 2.75) is 13.3 Å². The zero-order chi connectivity index (χ0) is 15.5. The second kappa shape index (κ2) is 6.08. The molecular formula is C17H14ClN3O. The molecule has 110 valence electrons. The highest BCUT2D eigenvalue weighted by Crippen LogP contribution is 2.26. The van der Waals surface area contributed by atoms with Crippen molar-refractivity contribution in [2.75, 3.05) is 6.61 Å². The fourth-order valence-electron chi connectivity index (χ4n) is 2.26. The molecule has 0 N–H and O–H groups in total. The maximum atomic E-state index is 9.45. The van der Waals surface area contributed by atoms with E-state index in [2.05, 4.69) is 18.0 Å². The predicted octanol–water partition coefficient (Wildman–Crippen LogP) is 4.32. The Morgan fingerprint density at radius 1 is 1.23 bits per heavy atom. The van der Waals surface area contributed by atoms with E-state index in [1.54, 1.807) is 22.7 Å². The van der Waals surface area contributed by atoms with Crippen molar-refractivity contribution in [1.29, 1.82) is 5.26 Å². The van der Waals surface area contributed by atoms with Gasteiger partial charge in [-0.05, 0) is 42.8 Å². The highest BCUT2D eigenvalue weighted by atomic mass is 35.5. The molecule has 2 heterocycles. The van der Waals surface area contributed by atoms with Gasteiger partial charge in [0.25, 0.3) is 0 Å². The maximum absolute atomic E-state index is 9.45. The summed E-state index contributed by atoms with van der Waals surface area (Å²) in [6.45, 7) is 2.75. The third kappa shape index (κ3) is 2.63. The Morgan fingerprint density at radius 2 is 2.00 bits per heavy atom. The van der Waals surface area contributed by atoms with E-state index in [1.165, 1.54) is 0 Å². The highest BCUT2D eigenvalue weighted by Gasteiger charge is 2.14. The lowest BCUT2D eigenvalue weighted by Gasteiger charge is -2.05. The van der Waals surface area contributed by atoms with Gasteiger partial charge in [0.15, 0.2) is 5.69 Å². The van der Waals surface area contributed by atoms with Crippen LogP contribution in [0.4, 0.5) is 0 Å². The number of aromatic nitrogens is 2. The third-order valence-electron chi connectivity index (χ3n) is 3.29. The van der Waals surface area contributed by atoms with Crippen LogP contribution in [0.2, 0.25) is 5.02 Å². The molecule has 3 aromatic rings. The molecule has 0 aliphatic rings. The van der Waals surface area contributed by atoms with Crippen LogP contribution in [0.25, 0.3) is 16.9 Å². The molecule has 0 spiro atoms. The van der Waals surface area contributed by atoms with E-state index >= 15 is 0 Å². The van der Waals surface area contributed by atoms with Crippen LogP contribution in [-0.2, 0) is 0 Å². The van der Waals surface area contributed by atoms with E-state index in [9.17, 15) is 5.26 Å². The van der Waals surface area contributed by atoms with Crippen LogP contribution in [-0.4, -0.2) is 16.0 Å². The first-order valence-electron chi connectivity index (χ1n) is 7.04. The van der Waals surface area contributed by atoms with Crippen molar-refractivity contribution in [3.63, 3.8) is 0 Å². The Hall–Kier alpha value is -2.51. The van der Waals surface area contributed by atoms with Gasteiger partial charge in [-0.2, -0.15) is 5.26 Å². The van der Waals surface area contributed by atoms with E-state index in [-0.39, 0.29) is 0 Å². The predicted molar refractivity (Wildman–Crippen MR) is 86.1 cm³/mol. The van der Waals surface area contributed by atoms with Crippen molar-refractivity contribution >= 4 is 17.2 Å². The van der Waals surface area contributed by atoms with Gasteiger partial charge in [-0.1, -0.05) is 18.5 Å². The molecule has 0 aliphatic carbocycles. The Kier molecular flexibility index (Phi) is 3.99. The van der Waals surface area contributed by atoms with E-state index in [0.717, 1.165) is 17.7 Å². The van der Waals surface area contributed by atoms with Crippen molar-refractivity contribution in [1.82, 2.24) is 9.38 Å². The lowest BCUT2D eigenvalue weighted by atomic mass is 10.1. The Morgan fingerprint density at radius 3 is 2.68 bits per heavy atom. The van der Waals surface area contributed by atoms with Crippen LogP contribution >= 0.6 is 11.6 Å². The van der Waals surface area contributed by atoms with Crippen LogP contribution in [0, 0.1) is 11.3 Å². The van der Waals surface area contributed by atoms with Crippen LogP contribution in [0.1, 0.15) is 19.0 Å². The molecule has 0 unspecified atom stereocenters. The van der Waals surface area contributed by atoms with E-state index in [4.69, 9.17) is 16.3 Å². The molecule has 0 atom stereocenters. The summed E-state index contributed by atoms with van der Waals surface area (Å²) in [4.78, 5) is 4.53. The topological polar surface area (TPSA) is 50.3 Å². The summed E-state index contributed by atoms with van der Waals surface area (Å²) in [7, 11) is 0. The molecule has 0 aliphatic heterocycles. The number of benzene rings is 1. The highest BCUT2D eigenvalue weighted by molar-refractivity contribution is 6.30. The Bertz CT molecular complexity index is 847. The summed E-state index contributed by atoms with van der Waals surface area (Å²) in [6.07, 6.45) is 2.66. The number of imidazole rings is 1. The van der Waals surface area contributed by atoms with Crippen molar-refractivity contribution in [2.24, 2.45) is 0 Å². The van der Waals surface area contributed by atoms with Crippen molar-refractivity contribution in [3.8, 4) is 23.1 Å². The molecule has 0 saturated carbocycles. The summed E-state index contributed by atoms with van der Waals surface area (Å²) in [5.41, 5.74) is 2.69. The van der Waals surface area contributed by atoms with Crippen LogP contribution in [0.5, 0.6) is 5.75 Å². The Labute approximate surface area is 133 Å². The molecule has 0 bridgehead atoms. The molecule has 4 nitrogen and oxygen atoms in total. The summed E-state index contributed by atoms with van der Waals surface area (Å²) in [5, 5.41) is 10.0. The standard InChI is InChI=1S/C17H14ClN3O/c1-2-9-22-14-6-3-12(4-7-14)17-15(10-19)21-11-13(18)5-8-16(21)20-17/h3-8,11H,2,9H2,1H3. The lowest BCUT2D eigenvalue weighted by molar-refractivity contribution is 0.317. The lowest BCUT2D eigenvalue weighted by Crippen LogP contribution is -1.94. The normalized spacial score (nSPS) is 10.6. The van der Waals surface area contributed by atoms with Crippen LogP contribution < -0.4 is 4.74 Å². The zero-order valence-corrected chi connectivity index (χ0v) is 12.8.